The van der Waals surface area contributed by atoms with E-state index in [1.807, 2.05) is 0 Å². The van der Waals surface area contributed by atoms with Crippen molar-refractivity contribution in [2.45, 2.75) is 19.1 Å². The molecule has 19 heavy (non-hydrogen) atoms. The maximum atomic E-state index is 5.73. The average molecular weight is 282 g/mol. The summed E-state index contributed by atoms with van der Waals surface area (Å²) >= 11 is 1.78. The van der Waals surface area contributed by atoms with Crippen LogP contribution in [-0.4, -0.2) is 50.3 Å². The first-order valence-corrected chi connectivity index (χ1v) is 7.44. The highest BCUT2D eigenvalue weighted by molar-refractivity contribution is 7.10. The highest BCUT2D eigenvalue weighted by Crippen LogP contribution is 2.26. The molecule has 1 fully saturated rings. The van der Waals surface area contributed by atoms with Gasteiger partial charge >= 0.3 is 0 Å². The molecule has 0 bridgehead atoms. The van der Waals surface area contributed by atoms with Crippen molar-refractivity contribution in [2.24, 2.45) is 10.7 Å². The Balaban J connectivity index is 2.05. The van der Waals surface area contributed by atoms with Gasteiger partial charge in [-0.15, -0.1) is 11.3 Å². The van der Waals surface area contributed by atoms with Crippen LogP contribution in [0.2, 0.25) is 0 Å². The Labute approximate surface area is 118 Å². The van der Waals surface area contributed by atoms with Gasteiger partial charge in [-0.25, -0.2) is 0 Å². The number of nitrogens with zero attached hydrogens (tertiary/aromatic N) is 2. The zero-order chi connectivity index (χ0) is 13.7. The third-order valence-electron chi connectivity index (χ3n) is 3.30. The summed E-state index contributed by atoms with van der Waals surface area (Å²) in [7, 11) is 1.69. The van der Waals surface area contributed by atoms with Crippen molar-refractivity contribution in [1.29, 1.82) is 0 Å². The van der Waals surface area contributed by atoms with Crippen LogP contribution in [0, 0.1) is 0 Å². The number of aliphatic imine (C=N–C) groups is 1. The Kier molecular flexibility index (Phi) is 5.18. The lowest BCUT2D eigenvalue weighted by atomic mass is 10.1. The van der Waals surface area contributed by atoms with Gasteiger partial charge in [-0.2, -0.15) is 0 Å². The summed E-state index contributed by atoms with van der Waals surface area (Å²) < 4.78 is 5.62. The number of thiophene rings is 1. The highest BCUT2D eigenvalue weighted by atomic mass is 32.1. The van der Waals surface area contributed by atoms with Crippen LogP contribution in [0.1, 0.15) is 17.8 Å². The first-order chi connectivity index (χ1) is 9.20. The largest absolute Gasteiger partial charge is 0.376 e. The van der Waals surface area contributed by atoms with Crippen molar-refractivity contribution in [3.63, 3.8) is 0 Å². The summed E-state index contributed by atoms with van der Waals surface area (Å²) in [4.78, 5) is 7.75. The number of nitrogens with two attached hydrogens (primary N) is 1. The van der Waals surface area contributed by atoms with Gasteiger partial charge in [0.2, 0.25) is 0 Å². The van der Waals surface area contributed by atoms with E-state index in [9.17, 15) is 0 Å². The molecule has 1 saturated heterocycles. The van der Waals surface area contributed by atoms with Gasteiger partial charge in [0.05, 0.1) is 18.8 Å². The lowest BCUT2D eigenvalue weighted by Gasteiger charge is -2.37. The van der Waals surface area contributed by atoms with Crippen LogP contribution in [0.5, 0.6) is 0 Å². The van der Waals surface area contributed by atoms with Crippen molar-refractivity contribution in [2.75, 3.05) is 33.3 Å². The smallest absolute Gasteiger partial charge is 0.188 e. The zero-order valence-electron chi connectivity index (χ0n) is 11.5. The molecule has 2 atom stereocenters. The first kappa shape index (κ1) is 14.3. The maximum absolute atomic E-state index is 5.73. The third-order valence-corrected chi connectivity index (χ3v) is 4.28. The van der Waals surface area contributed by atoms with Gasteiger partial charge in [0.1, 0.15) is 0 Å². The molecule has 1 aromatic heterocycles. The Morgan fingerprint density at radius 1 is 1.74 bits per heavy atom. The van der Waals surface area contributed by atoms with E-state index in [2.05, 4.69) is 39.6 Å². The van der Waals surface area contributed by atoms with E-state index in [0.717, 1.165) is 26.2 Å². The number of hydrogen-bond acceptors (Lipinski definition) is 4. The van der Waals surface area contributed by atoms with E-state index in [-0.39, 0.29) is 6.10 Å². The standard InChI is InChI=1S/C13H22N4OS/c1-10-9-17(5-6-18-10)11(8-16-13(14)15-2)12-4-3-7-19-12/h3-4,7,10-11H,5-6,8-9H2,1-2H3,(H3,14,15,16). The summed E-state index contributed by atoms with van der Waals surface area (Å²) in [5, 5.41) is 5.30. The van der Waals surface area contributed by atoms with Crippen LogP contribution < -0.4 is 11.1 Å². The number of guanidine groups is 1. The molecule has 0 radical (unpaired) electrons. The SMILES string of the molecule is CN=C(N)NCC(c1cccs1)N1CCOC(C)C1. The molecule has 0 amide bonds. The molecule has 6 heteroatoms. The van der Waals surface area contributed by atoms with Gasteiger partial charge in [-0.1, -0.05) is 6.07 Å². The summed E-state index contributed by atoms with van der Waals surface area (Å²) in [5.41, 5.74) is 5.73. The molecule has 0 aliphatic carbocycles. The van der Waals surface area contributed by atoms with E-state index in [4.69, 9.17) is 10.5 Å². The van der Waals surface area contributed by atoms with Crippen molar-refractivity contribution < 1.29 is 4.74 Å². The molecule has 2 heterocycles. The summed E-state index contributed by atoms with van der Waals surface area (Å²) in [6, 6.07) is 4.59. The zero-order valence-corrected chi connectivity index (χ0v) is 12.3. The summed E-state index contributed by atoms with van der Waals surface area (Å²) in [5.74, 6) is 0.489. The molecular weight excluding hydrogens is 260 g/mol. The molecule has 2 rings (SSSR count). The molecule has 1 aliphatic heterocycles. The van der Waals surface area contributed by atoms with Gasteiger partial charge in [0, 0.05) is 31.6 Å². The predicted octanol–water partition coefficient (Wildman–Crippen LogP) is 1.04. The molecule has 106 valence electrons. The van der Waals surface area contributed by atoms with E-state index in [0.29, 0.717) is 12.0 Å². The van der Waals surface area contributed by atoms with Crippen LogP contribution in [0.3, 0.4) is 0 Å². The molecule has 3 N–H and O–H groups in total. The van der Waals surface area contributed by atoms with Crippen molar-refractivity contribution in [3.05, 3.63) is 22.4 Å². The van der Waals surface area contributed by atoms with E-state index in [1.54, 1.807) is 18.4 Å². The number of nitrogens with one attached hydrogen (secondary N) is 1. The number of ether oxygens (including phenoxy) is 1. The van der Waals surface area contributed by atoms with Crippen LogP contribution >= 0.6 is 11.3 Å². The maximum Gasteiger partial charge on any atom is 0.188 e. The van der Waals surface area contributed by atoms with Gasteiger partial charge in [-0.05, 0) is 18.4 Å². The van der Waals surface area contributed by atoms with Crippen molar-refractivity contribution in [3.8, 4) is 0 Å². The molecule has 1 aromatic rings. The third kappa shape index (κ3) is 3.92. The van der Waals surface area contributed by atoms with Crippen molar-refractivity contribution >= 4 is 17.3 Å². The molecular formula is C13H22N4OS. The second-order valence-electron chi connectivity index (χ2n) is 4.70. The number of hydrogen-bond donors (Lipinski definition) is 2. The van der Waals surface area contributed by atoms with Gasteiger partial charge in [0.15, 0.2) is 5.96 Å². The second-order valence-corrected chi connectivity index (χ2v) is 5.68. The van der Waals surface area contributed by atoms with E-state index >= 15 is 0 Å². The first-order valence-electron chi connectivity index (χ1n) is 6.56. The number of morpholine rings is 1. The Hall–Kier alpha value is -1.11. The van der Waals surface area contributed by atoms with Crippen LogP contribution in [0.15, 0.2) is 22.5 Å². The second kappa shape index (κ2) is 6.88. The molecule has 0 saturated carbocycles. The lowest BCUT2D eigenvalue weighted by molar-refractivity contribution is -0.0333. The molecule has 0 aromatic carbocycles. The van der Waals surface area contributed by atoms with Gasteiger partial charge in [-0.3, -0.25) is 9.89 Å². The quantitative estimate of drug-likeness (QED) is 0.640. The van der Waals surface area contributed by atoms with Gasteiger partial charge < -0.3 is 15.8 Å². The van der Waals surface area contributed by atoms with Crippen LogP contribution in [0.4, 0.5) is 0 Å². The fourth-order valence-electron chi connectivity index (χ4n) is 2.30. The van der Waals surface area contributed by atoms with E-state index in [1.165, 1.54) is 4.88 Å². The van der Waals surface area contributed by atoms with Crippen LogP contribution in [0.25, 0.3) is 0 Å². The Morgan fingerprint density at radius 3 is 3.21 bits per heavy atom. The minimum Gasteiger partial charge on any atom is -0.376 e. The fourth-order valence-corrected chi connectivity index (χ4v) is 3.16. The van der Waals surface area contributed by atoms with Gasteiger partial charge in [0.25, 0.3) is 0 Å². The minimum absolute atomic E-state index is 0.286. The topological polar surface area (TPSA) is 62.9 Å². The Bertz CT molecular complexity index is 407. The number of rotatable bonds is 4. The summed E-state index contributed by atoms with van der Waals surface area (Å²) in [6.45, 7) is 5.59. The predicted molar refractivity (Wildman–Crippen MR) is 79.6 cm³/mol. The summed E-state index contributed by atoms with van der Waals surface area (Å²) in [6.07, 6.45) is 0.286. The lowest BCUT2D eigenvalue weighted by Crippen LogP contribution is -2.47. The fraction of sp³-hybridized carbons (Fsp3) is 0.615. The molecule has 5 nitrogen and oxygen atoms in total. The Morgan fingerprint density at radius 2 is 2.58 bits per heavy atom. The van der Waals surface area contributed by atoms with Crippen LogP contribution in [-0.2, 0) is 4.74 Å². The molecule has 2 unspecified atom stereocenters. The van der Waals surface area contributed by atoms with E-state index < -0.39 is 0 Å². The molecule has 1 aliphatic rings. The average Bonchev–Trinajstić information content (AvgIpc) is 2.93. The highest BCUT2D eigenvalue weighted by Gasteiger charge is 2.26. The minimum atomic E-state index is 0.286. The molecule has 0 spiro atoms. The normalized spacial score (nSPS) is 23.3. The monoisotopic (exact) mass is 282 g/mol. The van der Waals surface area contributed by atoms with Crippen molar-refractivity contribution in [1.82, 2.24) is 10.2 Å².